The lowest BCUT2D eigenvalue weighted by Crippen LogP contribution is -2.20. The van der Waals surface area contributed by atoms with Crippen molar-refractivity contribution in [1.82, 2.24) is 0 Å². The number of anilines is 1. The van der Waals surface area contributed by atoms with Gasteiger partial charge in [-0.25, -0.2) is 0 Å². The summed E-state index contributed by atoms with van der Waals surface area (Å²) in [5.41, 5.74) is 6.29. The van der Waals surface area contributed by atoms with Crippen LogP contribution in [0.2, 0.25) is 0 Å². The molecule has 1 amide bonds. The number of carbonyl (C=O) groups excluding carboxylic acids is 1. The highest BCUT2D eigenvalue weighted by Crippen LogP contribution is 2.17. The molecule has 31 heavy (non-hydrogen) atoms. The molecule has 1 N–H and O–H groups in total. The van der Waals surface area contributed by atoms with Crippen LogP contribution >= 0.6 is 0 Å². The Morgan fingerprint density at radius 1 is 1.00 bits per heavy atom. The molecule has 3 rings (SSSR count). The fraction of sp³-hybridized carbons (Fsp3) is 0.259. The van der Waals surface area contributed by atoms with E-state index in [4.69, 9.17) is 4.74 Å². The van der Waals surface area contributed by atoms with Crippen LogP contribution in [0.1, 0.15) is 42.0 Å². The van der Waals surface area contributed by atoms with Crippen LogP contribution in [0.3, 0.4) is 0 Å². The van der Waals surface area contributed by atoms with E-state index in [1.54, 1.807) is 0 Å². The maximum Gasteiger partial charge on any atom is 0.262 e. The Hall–Kier alpha value is -3.40. The first-order valence-electron chi connectivity index (χ1n) is 10.8. The normalized spacial score (nSPS) is 10.9. The molecule has 3 aromatic carbocycles. The Bertz CT molecular complexity index is 1040. The van der Waals surface area contributed by atoms with Crippen molar-refractivity contribution in [2.24, 2.45) is 4.99 Å². The molecule has 0 saturated heterocycles. The molecule has 0 aromatic heterocycles. The minimum absolute atomic E-state index is 0.0489. The number of amides is 1. The number of aryl methyl sites for hydroxylation is 3. The van der Waals surface area contributed by atoms with Crippen molar-refractivity contribution in [3.63, 3.8) is 0 Å². The van der Waals surface area contributed by atoms with E-state index in [-0.39, 0.29) is 12.5 Å². The molecule has 0 radical (unpaired) electrons. The van der Waals surface area contributed by atoms with E-state index in [1.807, 2.05) is 74.7 Å². The monoisotopic (exact) mass is 414 g/mol. The van der Waals surface area contributed by atoms with Crippen molar-refractivity contribution >= 4 is 23.5 Å². The van der Waals surface area contributed by atoms with Gasteiger partial charge in [0, 0.05) is 11.9 Å². The number of unbranched alkanes of at least 4 members (excludes halogenated alkanes) is 1. The molecule has 0 unspecified atom stereocenters. The molecule has 4 heteroatoms. The SMILES string of the molecule is CCCCc1ccc(N=Cc2cccc(OCC(=O)Nc3ccc(C)c(C)c3)c2)cc1. The molecule has 4 nitrogen and oxygen atoms in total. The minimum Gasteiger partial charge on any atom is -0.484 e. The number of ether oxygens (including phenoxy) is 1. The van der Waals surface area contributed by atoms with Crippen molar-refractivity contribution in [2.45, 2.75) is 40.0 Å². The molecule has 0 saturated carbocycles. The second-order valence-corrected chi connectivity index (χ2v) is 7.74. The van der Waals surface area contributed by atoms with Crippen LogP contribution in [0.15, 0.2) is 71.7 Å². The van der Waals surface area contributed by atoms with Gasteiger partial charge in [-0.2, -0.15) is 0 Å². The van der Waals surface area contributed by atoms with Gasteiger partial charge in [0.25, 0.3) is 5.91 Å². The Morgan fingerprint density at radius 3 is 2.55 bits per heavy atom. The van der Waals surface area contributed by atoms with Crippen LogP contribution in [0.5, 0.6) is 5.75 Å². The third-order valence-corrected chi connectivity index (χ3v) is 5.14. The van der Waals surface area contributed by atoms with Gasteiger partial charge in [-0.05, 0) is 85.3 Å². The van der Waals surface area contributed by atoms with Gasteiger partial charge in [-0.15, -0.1) is 0 Å². The largest absolute Gasteiger partial charge is 0.484 e. The summed E-state index contributed by atoms with van der Waals surface area (Å²) in [5, 5.41) is 2.87. The summed E-state index contributed by atoms with van der Waals surface area (Å²) in [6.45, 7) is 6.22. The summed E-state index contributed by atoms with van der Waals surface area (Å²) in [4.78, 5) is 16.8. The lowest BCUT2D eigenvalue weighted by Gasteiger charge is -2.09. The topological polar surface area (TPSA) is 50.7 Å². The Balaban J connectivity index is 1.54. The number of hydrogen-bond donors (Lipinski definition) is 1. The van der Waals surface area contributed by atoms with Gasteiger partial charge in [-0.1, -0.05) is 43.7 Å². The average molecular weight is 415 g/mol. The maximum absolute atomic E-state index is 12.2. The highest BCUT2D eigenvalue weighted by atomic mass is 16.5. The molecule has 0 bridgehead atoms. The molecular weight excluding hydrogens is 384 g/mol. The van der Waals surface area contributed by atoms with Crippen molar-refractivity contribution < 1.29 is 9.53 Å². The summed E-state index contributed by atoms with van der Waals surface area (Å²) >= 11 is 0. The van der Waals surface area contributed by atoms with Gasteiger partial charge in [0.1, 0.15) is 5.75 Å². The van der Waals surface area contributed by atoms with Crippen LogP contribution in [-0.4, -0.2) is 18.7 Å². The van der Waals surface area contributed by atoms with E-state index >= 15 is 0 Å². The number of nitrogens with zero attached hydrogens (tertiary/aromatic N) is 1. The van der Waals surface area contributed by atoms with Gasteiger partial charge in [0.2, 0.25) is 0 Å². The van der Waals surface area contributed by atoms with E-state index in [9.17, 15) is 4.79 Å². The molecule has 160 valence electrons. The summed E-state index contributed by atoms with van der Waals surface area (Å²) in [6, 6.07) is 21.8. The number of rotatable bonds is 9. The lowest BCUT2D eigenvalue weighted by molar-refractivity contribution is -0.118. The van der Waals surface area contributed by atoms with Crippen LogP contribution < -0.4 is 10.1 Å². The van der Waals surface area contributed by atoms with Gasteiger partial charge in [0.15, 0.2) is 6.61 Å². The highest BCUT2D eigenvalue weighted by Gasteiger charge is 2.05. The van der Waals surface area contributed by atoms with Gasteiger partial charge < -0.3 is 10.1 Å². The fourth-order valence-electron chi connectivity index (χ4n) is 3.13. The summed E-state index contributed by atoms with van der Waals surface area (Å²) in [7, 11) is 0. The van der Waals surface area contributed by atoms with E-state index in [1.165, 1.54) is 24.0 Å². The number of carbonyl (C=O) groups is 1. The molecule has 0 fully saturated rings. The molecule has 0 aliphatic rings. The second kappa shape index (κ2) is 11.1. The zero-order valence-corrected chi connectivity index (χ0v) is 18.5. The van der Waals surface area contributed by atoms with Crippen LogP contribution in [0.4, 0.5) is 11.4 Å². The summed E-state index contributed by atoms with van der Waals surface area (Å²) in [6.07, 6.45) is 5.32. The van der Waals surface area contributed by atoms with Crippen LogP contribution in [0.25, 0.3) is 0 Å². The molecule has 0 spiro atoms. The molecule has 3 aromatic rings. The number of benzene rings is 3. The number of nitrogens with one attached hydrogen (secondary N) is 1. The third-order valence-electron chi connectivity index (χ3n) is 5.14. The molecule has 0 aliphatic heterocycles. The van der Waals surface area contributed by atoms with Crippen molar-refractivity contribution in [3.05, 3.63) is 89.0 Å². The molecule has 0 atom stereocenters. The minimum atomic E-state index is -0.189. The third kappa shape index (κ3) is 7.10. The maximum atomic E-state index is 12.2. The zero-order chi connectivity index (χ0) is 22.1. The molecule has 0 aliphatic carbocycles. The van der Waals surface area contributed by atoms with Gasteiger partial charge in [-0.3, -0.25) is 9.79 Å². The number of aliphatic imine (C=N–C) groups is 1. The highest BCUT2D eigenvalue weighted by molar-refractivity contribution is 5.92. The second-order valence-electron chi connectivity index (χ2n) is 7.74. The van der Waals surface area contributed by atoms with Crippen molar-refractivity contribution in [2.75, 3.05) is 11.9 Å². The van der Waals surface area contributed by atoms with Crippen molar-refractivity contribution in [1.29, 1.82) is 0 Å². The van der Waals surface area contributed by atoms with E-state index in [0.29, 0.717) is 5.75 Å². The van der Waals surface area contributed by atoms with E-state index < -0.39 is 0 Å². The predicted octanol–water partition coefficient (Wildman–Crippen LogP) is 6.41. The summed E-state index contributed by atoms with van der Waals surface area (Å²) in [5.74, 6) is 0.444. The number of hydrogen-bond acceptors (Lipinski definition) is 3. The standard InChI is InChI=1S/C27H30N2O2/c1-4-5-7-22-11-14-24(15-12-22)28-18-23-8-6-9-26(17-23)31-19-27(30)29-25-13-10-20(2)21(3)16-25/h6,8-18H,4-5,7,19H2,1-3H3,(H,29,30). The smallest absolute Gasteiger partial charge is 0.262 e. The Kier molecular flexibility index (Phi) is 7.99. The van der Waals surface area contributed by atoms with Crippen molar-refractivity contribution in [3.8, 4) is 5.75 Å². The quantitative estimate of drug-likeness (QED) is 0.411. The lowest BCUT2D eigenvalue weighted by atomic mass is 10.1. The fourth-order valence-corrected chi connectivity index (χ4v) is 3.13. The predicted molar refractivity (Wildman–Crippen MR) is 129 cm³/mol. The molecular formula is C27H30N2O2. The van der Waals surface area contributed by atoms with Gasteiger partial charge >= 0.3 is 0 Å². The Labute approximate surface area is 185 Å². The van der Waals surface area contributed by atoms with Crippen LogP contribution in [0, 0.1) is 13.8 Å². The summed E-state index contributed by atoms with van der Waals surface area (Å²) < 4.78 is 5.67. The van der Waals surface area contributed by atoms with E-state index in [0.717, 1.165) is 28.9 Å². The van der Waals surface area contributed by atoms with Crippen LogP contribution in [-0.2, 0) is 11.2 Å². The zero-order valence-electron chi connectivity index (χ0n) is 18.5. The van der Waals surface area contributed by atoms with Gasteiger partial charge in [0.05, 0.1) is 5.69 Å². The average Bonchev–Trinajstić information content (AvgIpc) is 2.78. The first-order valence-corrected chi connectivity index (χ1v) is 10.8. The Morgan fingerprint density at radius 2 is 1.81 bits per heavy atom. The molecule has 0 heterocycles. The first-order chi connectivity index (χ1) is 15.0. The first kappa shape index (κ1) is 22.3. The van der Waals surface area contributed by atoms with E-state index in [2.05, 4.69) is 29.4 Å².